The van der Waals surface area contributed by atoms with Gasteiger partial charge in [-0.05, 0) is 0 Å². The normalized spacial score (nSPS) is 11.2. The highest BCUT2D eigenvalue weighted by Gasteiger charge is 2.37. The average Bonchev–Trinajstić information content (AvgIpc) is 2.26. The first-order valence-corrected chi connectivity index (χ1v) is 4.74. The fourth-order valence-corrected chi connectivity index (χ4v) is 1.37. The van der Waals surface area contributed by atoms with Crippen LogP contribution in [0.15, 0.2) is 6.20 Å². The number of hydrogen-bond donors (Lipinski definition) is 0. The summed E-state index contributed by atoms with van der Waals surface area (Å²) in [5.74, 6) is -1.51. The van der Waals surface area contributed by atoms with E-state index >= 15 is 0 Å². The molecule has 0 spiro atoms. The van der Waals surface area contributed by atoms with Crippen molar-refractivity contribution in [3.05, 3.63) is 27.4 Å². The van der Waals surface area contributed by atoms with Gasteiger partial charge in [0, 0.05) is 0 Å². The predicted molar refractivity (Wildman–Crippen MR) is 51.8 cm³/mol. The zero-order valence-electron chi connectivity index (χ0n) is 9.32. The number of hydrogen-bond acceptors (Lipinski definition) is 5. The second-order valence-electron chi connectivity index (χ2n) is 3.28. The quantitative estimate of drug-likeness (QED) is 0.484. The molecule has 0 N–H and O–H groups in total. The van der Waals surface area contributed by atoms with E-state index in [0.29, 0.717) is 6.20 Å². The Labute approximate surface area is 107 Å². The maximum Gasteiger partial charge on any atom is 0.574 e. The molecule has 1 rings (SSSR count). The minimum Gasteiger partial charge on any atom is -0.387 e. The van der Waals surface area contributed by atoms with Crippen LogP contribution in [-0.4, -0.2) is 16.3 Å². The van der Waals surface area contributed by atoms with Crippen LogP contribution in [0.2, 0.25) is 0 Å². The zero-order valence-corrected chi connectivity index (χ0v) is 9.32. The van der Waals surface area contributed by atoms with Crippen LogP contribution in [0.25, 0.3) is 0 Å². The molecule has 0 aliphatic rings. The van der Waals surface area contributed by atoms with Crippen LogP contribution in [-0.2, 0) is 6.42 Å². The maximum atomic E-state index is 12.8. The number of alkyl halides is 5. The highest BCUT2D eigenvalue weighted by Crippen LogP contribution is 2.37. The van der Waals surface area contributed by atoms with Crippen molar-refractivity contribution in [2.75, 3.05) is 0 Å². The third-order valence-electron chi connectivity index (χ3n) is 2.05. The van der Waals surface area contributed by atoms with Gasteiger partial charge in [0.15, 0.2) is 0 Å². The Morgan fingerprint density at radius 1 is 1.50 bits per heavy atom. The van der Waals surface area contributed by atoms with Crippen molar-refractivity contribution in [1.29, 1.82) is 5.26 Å². The van der Waals surface area contributed by atoms with Crippen molar-refractivity contribution >= 4 is 5.69 Å². The molecular weight excluding hydrogens is 293 g/mol. The standard InChI is InChI=1S/C9H4F5N3O3/c10-7(11)6-4(1-2-15)5(17(18)19)3-16-8(6)20-9(12,13)14/h3,7H,1H2. The van der Waals surface area contributed by atoms with Gasteiger partial charge in [-0.1, -0.05) is 0 Å². The van der Waals surface area contributed by atoms with Gasteiger partial charge in [0.25, 0.3) is 12.1 Å². The SMILES string of the molecule is N#CCc1c([N+](=O)[O-])cnc(OC(F)(F)F)c1C(F)F. The van der Waals surface area contributed by atoms with Crippen LogP contribution >= 0.6 is 0 Å². The van der Waals surface area contributed by atoms with E-state index in [1.54, 1.807) is 0 Å². The van der Waals surface area contributed by atoms with E-state index in [4.69, 9.17) is 5.26 Å². The van der Waals surface area contributed by atoms with E-state index in [0.717, 1.165) is 0 Å². The van der Waals surface area contributed by atoms with Crippen LogP contribution < -0.4 is 4.74 Å². The smallest absolute Gasteiger partial charge is 0.387 e. The molecule has 0 saturated heterocycles. The van der Waals surface area contributed by atoms with Gasteiger partial charge in [-0.2, -0.15) is 5.26 Å². The Bertz CT molecular complexity index is 567. The number of ether oxygens (including phenoxy) is 1. The maximum absolute atomic E-state index is 12.8. The average molecular weight is 297 g/mol. The lowest BCUT2D eigenvalue weighted by Gasteiger charge is -2.14. The van der Waals surface area contributed by atoms with Gasteiger partial charge in [0.2, 0.25) is 5.88 Å². The van der Waals surface area contributed by atoms with Gasteiger partial charge in [0.1, 0.15) is 6.20 Å². The Kier molecular flexibility index (Phi) is 4.38. The minimum atomic E-state index is -5.29. The molecule has 0 fully saturated rings. The van der Waals surface area contributed by atoms with Crippen molar-refractivity contribution in [2.45, 2.75) is 19.2 Å². The fourth-order valence-electron chi connectivity index (χ4n) is 1.37. The summed E-state index contributed by atoms with van der Waals surface area (Å²) in [5.41, 5.74) is -3.25. The minimum absolute atomic E-state index is 0.333. The van der Waals surface area contributed by atoms with Gasteiger partial charge in [-0.25, -0.2) is 13.8 Å². The van der Waals surface area contributed by atoms with Gasteiger partial charge in [-0.15, -0.1) is 13.2 Å². The summed E-state index contributed by atoms with van der Waals surface area (Å²) in [5, 5.41) is 19.1. The van der Waals surface area contributed by atoms with E-state index in [2.05, 4.69) is 9.72 Å². The monoisotopic (exact) mass is 297 g/mol. The van der Waals surface area contributed by atoms with E-state index < -0.39 is 46.8 Å². The summed E-state index contributed by atoms with van der Waals surface area (Å²) in [6, 6.07) is 1.36. The summed E-state index contributed by atoms with van der Waals surface area (Å²) in [7, 11) is 0. The molecule has 6 nitrogen and oxygen atoms in total. The molecule has 0 radical (unpaired) electrons. The van der Waals surface area contributed by atoms with Gasteiger partial charge in [-0.3, -0.25) is 10.1 Å². The zero-order chi connectivity index (χ0) is 15.5. The van der Waals surface area contributed by atoms with Crippen molar-refractivity contribution in [2.24, 2.45) is 0 Å². The highest BCUT2D eigenvalue weighted by molar-refractivity contribution is 5.50. The highest BCUT2D eigenvalue weighted by atomic mass is 19.4. The molecule has 0 unspecified atom stereocenters. The van der Waals surface area contributed by atoms with Crippen LogP contribution in [0.3, 0.4) is 0 Å². The molecule has 11 heteroatoms. The predicted octanol–water partition coefficient (Wildman–Crippen LogP) is 2.89. The van der Waals surface area contributed by atoms with Crippen LogP contribution in [0, 0.1) is 21.4 Å². The lowest BCUT2D eigenvalue weighted by Crippen LogP contribution is -2.20. The van der Waals surface area contributed by atoms with Gasteiger partial charge >= 0.3 is 6.36 Å². The van der Waals surface area contributed by atoms with Crippen molar-refractivity contribution in [3.8, 4) is 11.9 Å². The number of rotatable bonds is 4. The van der Waals surface area contributed by atoms with Crippen LogP contribution in [0.1, 0.15) is 17.6 Å². The molecule has 1 aromatic rings. The van der Waals surface area contributed by atoms with E-state index in [-0.39, 0.29) is 0 Å². The molecule has 0 saturated carbocycles. The van der Waals surface area contributed by atoms with E-state index in [1.807, 2.05) is 0 Å². The fraction of sp³-hybridized carbons (Fsp3) is 0.333. The van der Waals surface area contributed by atoms with Crippen LogP contribution in [0.4, 0.5) is 27.6 Å². The molecule has 1 heterocycles. The van der Waals surface area contributed by atoms with Crippen molar-refractivity contribution < 1.29 is 31.6 Å². The first-order valence-electron chi connectivity index (χ1n) is 4.74. The number of nitriles is 1. The van der Waals surface area contributed by atoms with E-state index in [1.165, 1.54) is 6.07 Å². The van der Waals surface area contributed by atoms with Crippen molar-refractivity contribution in [3.63, 3.8) is 0 Å². The lowest BCUT2D eigenvalue weighted by molar-refractivity contribution is -0.386. The molecule has 0 aromatic carbocycles. The van der Waals surface area contributed by atoms with Gasteiger partial charge in [0.05, 0.1) is 28.5 Å². The summed E-state index contributed by atoms with van der Waals surface area (Å²) >= 11 is 0. The first-order chi connectivity index (χ1) is 9.17. The van der Waals surface area contributed by atoms with Crippen molar-refractivity contribution in [1.82, 2.24) is 4.98 Å². The van der Waals surface area contributed by atoms with Crippen LogP contribution in [0.5, 0.6) is 5.88 Å². The Hall–Kier alpha value is -2.51. The van der Waals surface area contributed by atoms with E-state index in [9.17, 15) is 32.1 Å². The first kappa shape index (κ1) is 15.5. The Balaban J connectivity index is 3.52. The lowest BCUT2D eigenvalue weighted by atomic mass is 10.1. The third kappa shape index (κ3) is 3.50. The molecule has 0 bridgehead atoms. The molecule has 0 aliphatic heterocycles. The third-order valence-corrected chi connectivity index (χ3v) is 2.05. The molecule has 0 aliphatic carbocycles. The van der Waals surface area contributed by atoms with Gasteiger partial charge < -0.3 is 4.74 Å². The number of aromatic nitrogens is 1. The summed E-state index contributed by atoms with van der Waals surface area (Å²) in [4.78, 5) is 12.4. The molecular formula is C9H4F5N3O3. The molecule has 108 valence electrons. The number of pyridine rings is 1. The number of nitro groups is 1. The second-order valence-corrected chi connectivity index (χ2v) is 3.28. The summed E-state index contributed by atoms with van der Waals surface area (Å²) < 4.78 is 65.1. The summed E-state index contributed by atoms with van der Waals surface area (Å²) in [6.45, 7) is 0. The summed E-state index contributed by atoms with van der Waals surface area (Å²) in [6.07, 6.45) is -9.37. The second kappa shape index (κ2) is 5.64. The molecule has 1 aromatic heterocycles. The molecule has 0 amide bonds. The number of nitrogens with zero attached hydrogens (tertiary/aromatic N) is 3. The topological polar surface area (TPSA) is 89.0 Å². The molecule has 0 atom stereocenters. The largest absolute Gasteiger partial charge is 0.574 e. The molecule has 20 heavy (non-hydrogen) atoms. The number of halogens is 5. The Morgan fingerprint density at radius 3 is 2.50 bits per heavy atom. The Morgan fingerprint density at radius 2 is 2.10 bits per heavy atom.